The van der Waals surface area contributed by atoms with Gasteiger partial charge < -0.3 is 10.1 Å². The molecule has 34 heavy (non-hydrogen) atoms. The Morgan fingerprint density at radius 3 is 2.50 bits per heavy atom. The molecule has 0 saturated heterocycles. The zero-order chi connectivity index (χ0) is 24.5. The highest BCUT2D eigenvalue weighted by Crippen LogP contribution is 2.41. The standard InChI is InChI=1S/C29H34N2O3/c1-6-29(4,5)20-14-15-24-22(16-20)26(21-12-7-8-13-23(21)30-24)28(33)34-17-25(32)31-27-18(2)10-9-11-19(27)3/h7-13,20H,6,14-17H2,1-5H3,(H,31,32). The van der Waals surface area contributed by atoms with Crippen LogP contribution < -0.4 is 5.32 Å². The van der Waals surface area contributed by atoms with Crippen LogP contribution in [0.5, 0.6) is 0 Å². The SMILES string of the molecule is CCC(C)(C)C1CCc2nc3ccccc3c(C(=O)OCC(=O)Nc3c(C)cccc3C)c2C1. The molecule has 1 atom stereocenters. The molecule has 1 unspecified atom stereocenters. The van der Waals surface area contributed by atoms with Crippen molar-refractivity contribution in [1.82, 2.24) is 4.98 Å². The minimum Gasteiger partial charge on any atom is -0.452 e. The Kier molecular flexibility index (Phi) is 6.74. The molecule has 5 heteroatoms. The molecule has 0 bridgehead atoms. The van der Waals surface area contributed by atoms with E-state index in [1.807, 2.05) is 56.3 Å². The number of nitrogens with zero attached hydrogens (tertiary/aromatic N) is 1. The van der Waals surface area contributed by atoms with E-state index < -0.39 is 5.97 Å². The molecule has 1 aromatic heterocycles. The lowest BCUT2D eigenvalue weighted by atomic mass is 9.68. The van der Waals surface area contributed by atoms with Crippen molar-refractivity contribution in [2.45, 2.75) is 60.3 Å². The lowest BCUT2D eigenvalue weighted by Gasteiger charge is -2.37. The number of anilines is 1. The normalized spacial score (nSPS) is 15.6. The summed E-state index contributed by atoms with van der Waals surface area (Å²) < 4.78 is 5.58. The van der Waals surface area contributed by atoms with Crippen molar-refractivity contribution in [3.8, 4) is 0 Å². The molecule has 0 radical (unpaired) electrons. The van der Waals surface area contributed by atoms with E-state index in [1.165, 1.54) is 0 Å². The van der Waals surface area contributed by atoms with Crippen molar-refractivity contribution in [2.24, 2.45) is 11.3 Å². The van der Waals surface area contributed by atoms with E-state index in [1.54, 1.807) is 0 Å². The number of esters is 1. The highest BCUT2D eigenvalue weighted by Gasteiger charge is 2.34. The lowest BCUT2D eigenvalue weighted by molar-refractivity contribution is -0.119. The van der Waals surface area contributed by atoms with Gasteiger partial charge in [-0.05, 0) is 67.2 Å². The molecule has 3 aromatic rings. The van der Waals surface area contributed by atoms with Gasteiger partial charge in [-0.25, -0.2) is 4.79 Å². The number of nitrogens with one attached hydrogen (secondary N) is 1. The van der Waals surface area contributed by atoms with Crippen LogP contribution in [0.4, 0.5) is 5.69 Å². The van der Waals surface area contributed by atoms with Gasteiger partial charge in [0, 0.05) is 16.8 Å². The van der Waals surface area contributed by atoms with Crippen molar-refractivity contribution < 1.29 is 14.3 Å². The molecule has 0 saturated carbocycles. The fraction of sp³-hybridized carbons (Fsp3) is 0.414. The minimum absolute atomic E-state index is 0.176. The summed E-state index contributed by atoms with van der Waals surface area (Å²) in [6.45, 7) is 10.4. The van der Waals surface area contributed by atoms with E-state index in [0.717, 1.165) is 64.7 Å². The number of hydrogen-bond acceptors (Lipinski definition) is 4. The highest BCUT2D eigenvalue weighted by atomic mass is 16.5. The van der Waals surface area contributed by atoms with Gasteiger partial charge in [0.05, 0.1) is 11.1 Å². The van der Waals surface area contributed by atoms with Crippen LogP contribution in [-0.2, 0) is 22.4 Å². The average Bonchev–Trinajstić information content (AvgIpc) is 2.83. The van der Waals surface area contributed by atoms with Crippen LogP contribution in [0.2, 0.25) is 0 Å². The fourth-order valence-corrected chi connectivity index (χ4v) is 4.97. The second-order valence-electron chi connectivity index (χ2n) is 10.1. The first kappa shape index (κ1) is 23.9. The van der Waals surface area contributed by atoms with Gasteiger partial charge in [-0.3, -0.25) is 9.78 Å². The predicted molar refractivity (Wildman–Crippen MR) is 136 cm³/mol. The lowest BCUT2D eigenvalue weighted by Crippen LogP contribution is -2.31. The quantitative estimate of drug-likeness (QED) is 0.447. The Labute approximate surface area is 201 Å². The number of fused-ring (bicyclic) bond motifs is 2. The topological polar surface area (TPSA) is 68.3 Å². The third-order valence-corrected chi connectivity index (χ3v) is 7.56. The molecular formula is C29H34N2O3. The molecule has 1 aliphatic carbocycles. The number of carbonyl (C=O) groups excluding carboxylic acids is 2. The number of rotatable bonds is 6. The maximum atomic E-state index is 13.4. The first-order valence-corrected chi connectivity index (χ1v) is 12.1. The number of amides is 1. The van der Waals surface area contributed by atoms with Gasteiger partial charge in [-0.1, -0.05) is 63.6 Å². The first-order valence-electron chi connectivity index (χ1n) is 12.1. The van der Waals surface area contributed by atoms with Gasteiger partial charge in [0.25, 0.3) is 5.91 Å². The smallest absolute Gasteiger partial charge is 0.339 e. The van der Waals surface area contributed by atoms with Crippen LogP contribution in [0.1, 0.15) is 66.4 Å². The number of para-hydroxylation sites is 2. The van der Waals surface area contributed by atoms with E-state index in [-0.39, 0.29) is 17.9 Å². The van der Waals surface area contributed by atoms with Gasteiger partial charge in [0.2, 0.25) is 0 Å². The van der Waals surface area contributed by atoms with Crippen LogP contribution in [0.25, 0.3) is 10.9 Å². The Morgan fingerprint density at radius 2 is 1.79 bits per heavy atom. The molecule has 4 rings (SSSR count). The Morgan fingerprint density at radius 1 is 1.09 bits per heavy atom. The monoisotopic (exact) mass is 458 g/mol. The molecule has 1 heterocycles. The van der Waals surface area contributed by atoms with E-state index in [0.29, 0.717) is 11.5 Å². The average molecular weight is 459 g/mol. The fourth-order valence-electron chi connectivity index (χ4n) is 4.97. The predicted octanol–water partition coefficient (Wildman–Crippen LogP) is 6.19. The molecule has 1 aliphatic rings. The van der Waals surface area contributed by atoms with E-state index in [9.17, 15) is 9.59 Å². The van der Waals surface area contributed by atoms with Crippen molar-refractivity contribution >= 4 is 28.5 Å². The van der Waals surface area contributed by atoms with Gasteiger partial charge >= 0.3 is 5.97 Å². The van der Waals surface area contributed by atoms with Gasteiger partial charge in [0.1, 0.15) is 0 Å². The molecule has 0 fully saturated rings. The summed E-state index contributed by atoms with van der Waals surface area (Å²) in [4.78, 5) is 30.9. The molecule has 5 nitrogen and oxygen atoms in total. The van der Waals surface area contributed by atoms with Crippen molar-refractivity contribution in [2.75, 3.05) is 11.9 Å². The summed E-state index contributed by atoms with van der Waals surface area (Å²) in [7, 11) is 0. The Bertz CT molecular complexity index is 1230. The number of aryl methyl sites for hydroxylation is 3. The number of aromatic nitrogens is 1. The molecular weight excluding hydrogens is 424 g/mol. The molecule has 2 aromatic carbocycles. The van der Waals surface area contributed by atoms with Crippen LogP contribution in [0, 0.1) is 25.2 Å². The Balaban J connectivity index is 1.61. The second-order valence-corrected chi connectivity index (χ2v) is 10.1. The van der Waals surface area contributed by atoms with Crippen molar-refractivity contribution in [1.29, 1.82) is 0 Å². The number of benzene rings is 2. The van der Waals surface area contributed by atoms with E-state index >= 15 is 0 Å². The zero-order valence-electron chi connectivity index (χ0n) is 20.8. The second kappa shape index (κ2) is 9.57. The number of carbonyl (C=O) groups is 2. The molecule has 0 aliphatic heterocycles. The summed E-state index contributed by atoms with van der Waals surface area (Å²) in [5, 5.41) is 3.68. The summed E-state index contributed by atoms with van der Waals surface area (Å²) in [5.41, 5.74) is 6.20. The number of pyridine rings is 1. The molecule has 1 N–H and O–H groups in total. The Hall–Kier alpha value is -3.21. The maximum Gasteiger partial charge on any atom is 0.339 e. The maximum absolute atomic E-state index is 13.4. The van der Waals surface area contributed by atoms with Crippen LogP contribution >= 0.6 is 0 Å². The first-order chi connectivity index (χ1) is 16.2. The van der Waals surface area contributed by atoms with Gasteiger partial charge in [-0.15, -0.1) is 0 Å². The molecule has 178 valence electrons. The van der Waals surface area contributed by atoms with Gasteiger partial charge in [0.15, 0.2) is 6.61 Å². The van der Waals surface area contributed by atoms with Crippen LogP contribution in [0.15, 0.2) is 42.5 Å². The largest absolute Gasteiger partial charge is 0.452 e. The highest BCUT2D eigenvalue weighted by molar-refractivity contribution is 6.06. The summed E-state index contributed by atoms with van der Waals surface area (Å²) in [6, 6.07) is 13.5. The summed E-state index contributed by atoms with van der Waals surface area (Å²) in [6.07, 6.45) is 3.78. The van der Waals surface area contributed by atoms with Gasteiger partial charge in [-0.2, -0.15) is 0 Å². The molecule has 1 amide bonds. The van der Waals surface area contributed by atoms with E-state index in [4.69, 9.17) is 9.72 Å². The third kappa shape index (κ3) is 4.70. The van der Waals surface area contributed by atoms with Crippen molar-refractivity contribution in [3.05, 3.63) is 70.4 Å². The van der Waals surface area contributed by atoms with Crippen molar-refractivity contribution in [3.63, 3.8) is 0 Å². The van der Waals surface area contributed by atoms with Crippen LogP contribution in [0.3, 0.4) is 0 Å². The summed E-state index contributed by atoms with van der Waals surface area (Å²) in [5.74, 6) is -0.337. The number of hydrogen-bond donors (Lipinski definition) is 1. The molecule has 0 spiro atoms. The zero-order valence-corrected chi connectivity index (χ0v) is 20.8. The third-order valence-electron chi connectivity index (χ3n) is 7.56. The number of ether oxygens (including phenoxy) is 1. The van der Waals surface area contributed by atoms with E-state index in [2.05, 4.69) is 26.1 Å². The summed E-state index contributed by atoms with van der Waals surface area (Å²) >= 11 is 0. The van der Waals surface area contributed by atoms with Crippen LogP contribution in [-0.4, -0.2) is 23.5 Å². The minimum atomic E-state index is -0.457.